The number of nitrogens with zero attached hydrogens (tertiary/aromatic N) is 1. The van der Waals surface area contributed by atoms with Crippen molar-refractivity contribution in [2.45, 2.75) is 142 Å². The van der Waals surface area contributed by atoms with E-state index in [1.165, 1.54) is 146 Å². The summed E-state index contributed by atoms with van der Waals surface area (Å²) >= 11 is 0. The second-order valence-electron chi connectivity index (χ2n) is 10.3. The van der Waals surface area contributed by atoms with Gasteiger partial charge in [-0.2, -0.15) is 0 Å². The van der Waals surface area contributed by atoms with Crippen LogP contribution in [0, 0.1) is 0 Å². The Morgan fingerprint density at radius 1 is 0.594 bits per heavy atom. The van der Waals surface area contributed by atoms with Crippen molar-refractivity contribution in [3.8, 4) is 0 Å². The quantitative estimate of drug-likeness (QED) is 0.0898. The highest BCUT2D eigenvalue weighted by molar-refractivity contribution is 5.76. The monoisotopic (exact) mass is 453 g/mol. The Hall–Kier alpha value is -0.830. The van der Waals surface area contributed by atoms with E-state index in [-0.39, 0.29) is 0 Å². The number of carboxylic acids is 1. The van der Waals surface area contributed by atoms with Gasteiger partial charge in [-0.15, -0.1) is 0 Å². The molecule has 0 rings (SSSR count). The summed E-state index contributed by atoms with van der Waals surface area (Å²) < 4.78 is 1.24. The highest BCUT2D eigenvalue weighted by Gasteiger charge is 2.13. The molecule has 0 saturated carbocycles. The Morgan fingerprint density at radius 3 is 1.03 bits per heavy atom. The molecule has 32 heavy (non-hydrogen) atoms. The second kappa shape index (κ2) is 26.4. The maximum atomic E-state index is 9.14. The molecule has 0 atom stereocenters. The SMILES string of the molecule is C=CC(=O)[O-].CCCCCCCCCCCC[N+](C)(C)CCCCCCCCCCCC. The van der Waals surface area contributed by atoms with E-state index in [1.807, 2.05) is 0 Å². The van der Waals surface area contributed by atoms with E-state index in [2.05, 4.69) is 34.5 Å². The number of carbonyl (C=O) groups is 1. The van der Waals surface area contributed by atoms with Crippen molar-refractivity contribution in [2.75, 3.05) is 27.2 Å². The first kappa shape index (κ1) is 33.3. The molecule has 0 spiro atoms. The molecule has 0 aromatic rings. The first-order chi connectivity index (χ1) is 15.4. The van der Waals surface area contributed by atoms with E-state index in [0.717, 1.165) is 6.08 Å². The van der Waals surface area contributed by atoms with E-state index < -0.39 is 5.97 Å². The Bertz CT molecular complexity index is 367. The zero-order valence-electron chi connectivity index (χ0n) is 22.6. The van der Waals surface area contributed by atoms with E-state index in [0.29, 0.717) is 0 Å². The summed E-state index contributed by atoms with van der Waals surface area (Å²) in [6.07, 6.45) is 29.7. The van der Waals surface area contributed by atoms with Gasteiger partial charge < -0.3 is 14.4 Å². The topological polar surface area (TPSA) is 40.1 Å². The number of rotatable bonds is 23. The molecule has 0 aromatic carbocycles. The van der Waals surface area contributed by atoms with Gasteiger partial charge in [0.05, 0.1) is 33.2 Å². The molecule has 0 heterocycles. The normalized spacial score (nSPS) is 11.1. The van der Waals surface area contributed by atoms with E-state index >= 15 is 0 Å². The summed E-state index contributed by atoms with van der Waals surface area (Å²) in [4.78, 5) is 9.14. The van der Waals surface area contributed by atoms with E-state index in [1.54, 1.807) is 0 Å². The molecule has 0 amide bonds. The number of aliphatic carboxylic acids is 1. The molecule has 0 aromatic heterocycles. The molecule has 0 aliphatic rings. The van der Waals surface area contributed by atoms with Crippen LogP contribution in [-0.2, 0) is 4.79 Å². The van der Waals surface area contributed by atoms with Crippen LogP contribution >= 0.6 is 0 Å². The van der Waals surface area contributed by atoms with Crippen LogP contribution in [0.2, 0.25) is 0 Å². The van der Waals surface area contributed by atoms with Crippen molar-refractivity contribution >= 4 is 5.97 Å². The fourth-order valence-corrected chi connectivity index (χ4v) is 4.17. The lowest BCUT2D eigenvalue weighted by atomic mass is 10.1. The number of unbranched alkanes of at least 4 members (excludes halogenated alkanes) is 18. The van der Waals surface area contributed by atoms with Gasteiger partial charge in [0.2, 0.25) is 0 Å². The summed E-state index contributed by atoms with van der Waals surface area (Å²) in [5.74, 6) is -1.23. The Balaban J connectivity index is 0. The summed E-state index contributed by atoms with van der Waals surface area (Å²) in [7, 11) is 4.89. The van der Waals surface area contributed by atoms with Crippen molar-refractivity contribution in [3.05, 3.63) is 12.7 Å². The number of hydrogen-bond donors (Lipinski definition) is 0. The van der Waals surface area contributed by atoms with Gasteiger partial charge >= 0.3 is 0 Å². The van der Waals surface area contributed by atoms with Gasteiger partial charge in [0.25, 0.3) is 0 Å². The van der Waals surface area contributed by atoms with Crippen LogP contribution in [0.5, 0.6) is 0 Å². The Morgan fingerprint density at radius 2 is 0.812 bits per heavy atom. The predicted octanol–water partition coefficient (Wildman–Crippen LogP) is 7.83. The van der Waals surface area contributed by atoms with E-state index in [9.17, 15) is 0 Å². The fraction of sp³-hybridized carbons (Fsp3) is 0.897. The highest BCUT2D eigenvalue weighted by Crippen LogP contribution is 2.14. The molecule has 3 heteroatoms. The minimum Gasteiger partial charge on any atom is -0.545 e. The van der Waals surface area contributed by atoms with Crippen molar-refractivity contribution in [3.63, 3.8) is 0 Å². The van der Waals surface area contributed by atoms with Crippen molar-refractivity contribution in [2.24, 2.45) is 0 Å². The molecule has 0 unspecified atom stereocenters. The van der Waals surface area contributed by atoms with Crippen molar-refractivity contribution in [1.82, 2.24) is 0 Å². The average molecular weight is 454 g/mol. The number of carboxylic acid groups (broad SMARTS) is 1. The zero-order chi connectivity index (χ0) is 24.3. The molecular formula is C29H59NO2. The van der Waals surface area contributed by atoms with Gasteiger partial charge in [-0.3, -0.25) is 0 Å². The van der Waals surface area contributed by atoms with Crippen molar-refractivity contribution in [1.29, 1.82) is 0 Å². The summed E-state index contributed by atoms with van der Waals surface area (Å²) in [5.41, 5.74) is 0. The Labute approximate surface area is 202 Å². The third-order valence-corrected chi connectivity index (χ3v) is 6.40. The lowest BCUT2D eigenvalue weighted by Crippen LogP contribution is -2.41. The molecular weight excluding hydrogens is 394 g/mol. The van der Waals surface area contributed by atoms with Crippen LogP contribution in [0.4, 0.5) is 0 Å². The number of carbonyl (C=O) groups excluding carboxylic acids is 1. The van der Waals surface area contributed by atoms with Crippen LogP contribution < -0.4 is 5.11 Å². The molecule has 0 aliphatic heterocycles. The minimum atomic E-state index is -1.23. The third-order valence-electron chi connectivity index (χ3n) is 6.40. The molecule has 3 nitrogen and oxygen atoms in total. The van der Waals surface area contributed by atoms with Gasteiger partial charge in [-0.05, 0) is 31.8 Å². The van der Waals surface area contributed by atoms with Gasteiger partial charge in [0, 0.05) is 0 Å². The lowest BCUT2D eigenvalue weighted by Gasteiger charge is -2.30. The van der Waals surface area contributed by atoms with Crippen molar-refractivity contribution < 1.29 is 14.4 Å². The molecule has 0 bridgehead atoms. The van der Waals surface area contributed by atoms with Gasteiger partial charge in [0.15, 0.2) is 0 Å². The highest BCUT2D eigenvalue weighted by atomic mass is 16.4. The standard InChI is InChI=1S/C26H56N.C3H4O2/c1-5-7-9-11-13-15-17-19-21-23-25-27(3,4)26-24-22-20-18-16-14-12-10-8-6-2;1-2-3(4)5/h5-26H2,1-4H3;2H,1H2,(H,4,5)/q+1;/p-1. The smallest absolute Gasteiger partial charge is 0.0782 e. The summed E-state index contributed by atoms with van der Waals surface area (Å²) in [6, 6.07) is 0. The van der Waals surface area contributed by atoms with Crippen LogP contribution in [0.15, 0.2) is 12.7 Å². The molecule has 0 N–H and O–H groups in total. The van der Waals surface area contributed by atoms with Gasteiger partial charge in [-0.25, -0.2) is 0 Å². The average Bonchev–Trinajstić information content (AvgIpc) is 2.76. The van der Waals surface area contributed by atoms with Crippen LogP contribution in [0.1, 0.15) is 142 Å². The van der Waals surface area contributed by atoms with Gasteiger partial charge in [-0.1, -0.05) is 123 Å². The van der Waals surface area contributed by atoms with Crippen LogP contribution in [-0.4, -0.2) is 37.6 Å². The fourth-order valence-electron chi connectivity index (χ4n) is 4.17. The maximum absolute atomic E-state index is 9.14. The zero-order valence-corrected chi connectivity index (χ0v) is 22.6. The maximum Gasteiger partial charge on any atom is 0.0782 e. The first-order valence-electron chi connectivity index (χ1n) is 14.0. The minimum absolute atomic E-state index is 0.722. The largest absolute Gasteiger partial charge is 0.545 e. The third kappa shape index (κ3) is 31.4. The molecule has 0 aliphatic carbocycles. The summed E-state index contributed by atoms with van der Waals surface area (Å²) in [6.45, 7) is 10.3. The molecule has 0 saturated heterocycles. The Kier molecular flexibility index (Phi) is 27.5. The van der Waals surface area contributed by atoms with E-state index in [4.69, 9.17) is 9.90 Å². The second-order valence-corrected chi connectivity index (χ2v) is 10.3. The first-order valence-corrected chi connectivity index (χ1v) is 14.0. The number of hydrogen-bond acceptors (Lipinski definition) is 2. The lowest BCUT2D eigenvalue weighted by molar-refractivity contribution is -0.890. The predicted molar refractivity (Wildman–Crippen MR) is 141 cm³/mol. The number of quaternary nitrogens is 1. The summed E-state index contributed by atoms with van der Waals surface area (Å²) in [5, 5.41) is 9.14. The molecule has 0 fully saturated rings. The van der Waals surface area contributed by atoms with Crippen LogP contribution in [0.25, 0.3) is 0 Å². The van der Waals surface area contributed by atoms with Gasteiger partial charge in [0.1, 0.15) is 0 Å². The van der Waals surface area contributed by atoms with Crippen LogP contribution in [0.3, 0.4) is 0 Å². The molecule has 192 valence electrons. The molecule has 0 radical (unpaired) electrons.